The van der Waals surface area contributed by atoms with Gasteiger partial charge in [0, 0.05) is 0 Å². The van der Waals surface area contributed by atoms with Crippen LogP contribution in [0.5, 0.6) is 0 Å². The molecular weight excluding hydrogens is 1410 g/mol. The van der Waals surface area contributed by atoms with Crippen LogP contribution in [0.15, 0.2) is 0 Å². The number of carboxylic acids is 1. The Balaban J connectivity index is 7.25. The molecular formula is C16H19I9O5. The van der Waals surface area contributed by atoms with Crippen LogP contribution < -0.4 is 0 Å². The van der Waals surface area contributed by atoms with Crippen molar-refractivity contribution in [2.24, 2.45) is 16.2 Å². The van der Waals surface area contributed by atoms with E-state index in [4.69, 9.17) is 4.74 Å². The molecule has 30 heavy (non-hydrogen) atoms. The highest BCUT2D eigenvalue weighted by Gasteiger charge is 2.66. The maximum Gasteiger partial charge on any atom is 0.314 e. The molecule has 0 aliphatic rings. The number of hydrogen-bond acceptors (Lipinski definition) is 4. The van der Waals surface area contributed by atoms with Crippen molar-refractivity contribution in [3.63, 3.8) is 0 Å². The number of esters is 1. The lowest BCUT2D eigenvalue weighted by Crippen LogP contribution is -2.56. The van der Waals surface area contributed by atoms with Crippen LogP contribution >= 0.6 is 203 Å². The van der Waals surface area contributed by atoms with Crippen LogP contribution in [-0.2, 0) is 19.1 Å². The van der Waals surface area contributed by atoms with E-state index in [0.717, 1.165) is 0 Å². The monoisotopic (exact) mass is 1430 g/mol. The van der Waals surface area contributed by atoms with Crippen molar-refractivity contribution in [1.82, 2.24) is 0 Å². The smallest absolute Gasteiger partial charge is 0.314 e. The molecule has 0 heterocycles. The zero-order valence-electron chi connectivity index (χ0n) is 16.1. The van der Waals surface area contributed by atoms with Crippen LogP contribution in [0.25, 0.3) is 0 Å². The molecule has 3 unspecified atom stereocenters. The maximum absolute atomic E-state index is 13.5. The molecule has 0 aromatic rings. The zero-order chi connectivity index (χ0) is 24.6. The number of alkyl halides is 9. The van der Waals surface area contributed by atoms with Crippen LogP contribution in [-0.4, -0.2) is 28.2 Å². The number of carbonyl (C=O) groups is 3. The van der Waals surface area contributed by atoms with E-state index in [1.807, 2.05) is 6.92 Å². The number of halogens is 9. The van der Waals surface area contributed by atoms with Gasteiger partial charge in [-0.1, -0.05) is 210 Å². The van der Waals surface area contributed by atoms with Crippen molar-refractivity contribution in [2.75, 3.05) is 7.11 Å². The van der Waals surface area contributed by atoms with Crippen LogP contribution in [0.3, 0.4) is 0 Å². The minimum Gasteiger partial charge on any atom is -0.481 e. The van der Waals surface area contributed by atoms with Gasteiger partial charge in [0.1, 0.15) is 9.50 Å². The van der Waals surface area contributed by atoms with E-state index in [-0.39, 0.29) is 18.6 Å². The summed E-state index contributed by atoms with van der Waals surface area (Å²) in [5, 5.41) is 10.2. The highest BCUT2D eigenvalue weighted by atomic mass is 127. The summed E-state index contributed by atoms with van der Waals surface area (Å²) < 4.78 is 3.30. The molecule has 1 N–H and O–H groups in total. The molecule has 0 aromatic carbocycles. The van der Waals surface area contributed by atoms with Gasteiger partial charge in [-0.3, -0.25) is 14.4 Å². The Morgan fingerprint density at radius 1 is 0.800 bits per heavy atom. The number of rotatable bonds is 11. The van der Waals surface area contributed by atoms with Crippen molar-refractivity contribution in [2.45, 2.75) is 38.3 Å². The second-order valence-corrected chi connectivity index (χ2v) is 40.2. The first kappa shape index (κ1) is 35.2. The van der Waals surface area contributed by atoms with E-state index < -0.39 is 26.5 Å². The van der Waals surface area contributed by atoms with Crippen molar-refractivity contribution in [1.29, 1.82) is 0 Å². The third-order valence-electron chi connectivity index (χ3n) is 5.30. The van der Waals surface area contributed by atoms with Gasteiger partial charge in [-0.25, -0.2) is 0 Å². The van der Waals surface area contributed by atoms with E-state index >= 15 is 0 Å². The highest BCUT2D eigenvalue weighted by Crippen LogP contribution is 2.68. The Labute approximate surface area is 300 Å². The minimum absolute atomic E-state index is 0.0216. The summed E-state index contributed by atoms with van der Waals surface area (Å²) in [6.07, 6.45) is 0.731. The Morgan fingerprint density at radius 2 is 1.20 bits per heavy atom. The lowest BCUT2D eigenvalue weighted by Gasteiger charge is -2.50. The molecule has 5 nitrogen and oxygen atoms in total. The van der Waals surface area contributed by atoms with Crippen molar-refractivity contribution >= 4 is 221 Å². The number of ether oxygens (including phenoxy) is 1. The fourth-order valence-corrected chi connectivity index (χ4v) is 9.06. The standard InChI is InChI=1S/C16H19I9O5/c1-5-12(8(2)26,15(20,21)22)7-13(10(29)30-4,16(23,24)25)6-11(3,9(27)28)14(17,18)19/h5-7H2,1-4H3,(H,27,28). The molecule has 0 rings (SSSR count). The number of methoxy groups -OCH3 is 1. The number of aliphatic carboxylic acids is 1. The topological polar surface area (TPSA) is 80.7 Å². The number of ketones is 1. The molecule has 0 radical (unpaired) electrons. The van der Waals surface area contributed by atoms with Gasteiger partial charge in [0.15, 0.2) is 0 Å². The number of carbonyl (C=O) groups excluding carboxylic acids is 2. The lowest BCUT2D eigenvalue weighted by atomic mass is 9.64. The van der Waals surface area contributed by atoms with E-state index in [1.54, 1.807) is 13.8 Å². The molecule has 3 atom stereocenters. The summed E-state index contributed by atoms with van der Waals surface area (Å²) >= 11 is 19.6. The fourth-order valence-electron chi connectivity index (χ4n) is 3.13. The molecule has 0 amide bonds. The van der Waals surface area contributed by atoms with Crippen LogP contribution in [0.1, 0.15) is 40.0 Å². The average Bonchev–Trinajstić information content (AvgIpc) is 2.53. The van der Waals surface area contributed by atoms with Crippen molar-refractivity contribution in [3.05, 3.63) is 0 Å². The molecule has 0 fully saturated rings. The number of Topliss-reactive ketones (excluding diaryl/α,β-unsaturated/α-hetero) is 1. The Hall–Kier alpha value is 5.18. The SMILES string of the molecule is CCC(CC(CC(C)(C(=O)O)C(I)(I)I)(C(=O)OC)C(I)(I)I)(C(C)=O)C(I)(I)I. The molecule has 0 saturated heterocycles. The van der Waals surface area contributed by atoms with Gasteiger partial charge in [0.25, 0.3) is 0 Å². The minimum atomic E-state index is -1.27. The molecule has 0 saturated carbocycles. The quantitative estimate of drug-likeness (QED) is 0.127. The van der Waals surface area contributed by atoms with Gasteiger partial charge in [-0.2, -0.15) is 0 Å². The van der Waals surface area contributed by atoms with Crippen molar-refractivity contribution in [3.8, 4) is 0 Å². The van der Waals surface area contributed by atoms with Gasteiger partial charge >= 0.3 is 11.9 Å². The van der Waals surface area contributed by atoms with Crippen molar-refractivity contribution < 1.29 is 24.2 Å². The van der Waals surface area contributed by atoms with Gasteiger partial charge in [0.2, 0.25) is 0 Å². The average molecular weight is 1430 g/mol. The summed E-state index contributed by atoms with van der Waals surface area (Å²) in [5.74, 6) is -1.50. The summed E-state index contributed by atoms with van der Waals surface area (Å²) in [6.45, 7) is 5.17. The number of hydrogen-bond donors (Lipinski definition) is 1. The second-order valence-electron chi connectivity index (χ2n) is 7.05. The van der Waals surface area contributed by atoms with E-state index in [9.17, 15) is 19.5 Å². The molecule has 176 valence electrons. The Morgan fingerprint density at radius 3 is 1.40 bits per heavy atom. The predicted molar refractivity (Wildman–Crippen MR) is 197 cm³/mol. The van der Waals surface area contributed by atoms with Gasteiger partial charge < -0.3 is 9.84 Å². The molecule has 0 bridgehead atoms. The molecule has 0 aromatic heterocycles. The van der Waals surface area contributed by atoms with Gasteiger partial charge in [-0.15, -0.1) is 0 Å². The Bertz CT molecular complexity index is 682. The Kier molecular flexibility index (Phi) is 15.0. The molecule has 0 spiro atoms. The first-order chi connectivity index (χ1) is 13.1. The highest BCUT2D eigenvalue weighted by molar-refractivity contribution is 14.3. The van der Waals surface area contributed by atoms with Crippen LogP contribution in [0.4, 0.5) is 0 Å². The maximum atomic E-state index is 13.5. The summed E-state index contributed by atoms with van der Waals surface area (Å²) in [7, 11) is 1.32. The van der Waals surface area contributed by atoms with Crippen LogP contribution in [0.2, 0.25) is 0 Å². The second kappa shape index (κ2) is 12.8. The number of carboxylic acid groups (broad SMARTS) is 1. The van der Waals surface area contributed by atoms with Gasteiger partial charge in [-0.05, 0) is 33.1 Å². The zero-order valence-corrected chi connectivity index (χ0v) is 35.5. The normalized spacial score (nSPS) is 19.2. The third kappa shape index (κ3) is 7.61. The third-order valence-corrected chi connectivity index (χ3v) is 15.1. The summed E-state index contributed by atoms with van der Waals surface area (Å²) in [4.78, 5) is 39.1. The predicted octanol–water partition coefficient (Wildman–Crippen LogP) is 8.88. The van der Waals surface area contributed by atoms with Gasteiger partial charge in [0.05, 0.1) is 17.9 Å². The first-order valence-corrected chi connectivity index (χ1v) is 17.8. The van der Waals surface area contributed by atoms with E-state index in [1.165, 1.54) is 7.11 Å². The largest absolute Gasteiger partial charge is 0.481 e. The van der Waals surface area contributed by atoms with Crippen LogP contribution in [0, 0.1) is 16.2 Å². The lowest BCUT2D eigenvalue weighted by molar-refractivity contribution is -0.160. The first-order valence-electron chi connectivity index (χ1n) is 8.12. The molecule has 0 aliphatic carbocycles. The summed E-state index contributed by atoms with van der Waals surface area (Å²) in [6, 6.07) is 0. The van der Waals surface area contributed by atoms with E-state index in [2.05, 4.69) is 203 Å². The molecule has 0 aliphatic heterocycles. The van der Waals surface area contributed by atoms with E-state index in [0.29, 0.717) is 6.42 Å². The fraction of sp³-hybridized carbons (Fsp3) is 0.812. The molecule has 14 heteroatoms. The summed E-state index contributed by atoms with van der Waals surface area (Å²) in [5.41, 5.74) is -3.37.